The molecule has 0 aliphatic carbocycles. The van der Waals surface area contributed by atoms with Crippen LogP contribution in [0.15, 0.2) is 6.07 Å². The van der Waals surface area contributed by atoms with Crippen molar-refractivity contribution in [2.24, 2.45) is 5.84 Å². The van der Waals surface area contributed by atoms with Crippen LogP contribution >= 0.6 is 0 Å². The SMILES string of the molecule is CCCN(CC)CCNc1cc(NN)nc(C(C)C)n1. The number of rotatable bonds is 9. The smallest absolute Gasteiger partial charge is 0.145 e. The van der Waals surface area contributed by atoms with Crippen LogP contribution in [0.2, 0.25) is 0 Å². The molecule has 0 aliphatic rings. The maximum absolute atomic E-state index is 5.45. The van der Waals surface area contributed by atoms with Crippen molar-refractivity contribution >= 4 is 11.6 Å². The maximum Gasteiger partial charge on any atom is 0.145 e. The standard InChI is InChI=1S/C14H28N6/c1-5-8-20(6-2)9-7-16-12-10-13(19-15)18-14(17-12)11(3)4/h10-11H,5-9,15H2,1-4H3,(H2,16,17,18,19). The summed E-state index contributed by atoms with van der Waals surface area (Å²) in [6.45, 7) is 12.6. The van der Waals surface area contributed by atoms with E-state index < -0.39 is 0 Å². The van der Waals surface area contributed by atoms with E-state index in [4.69, 9.17) is 5.84 Å². The Morgan fingerprint density at radius 1 is 1.20 bits per heavy atom. The van der Waals surface area contributed by atoms with Gasteiger partial charge in [0.2, 0.25) is 0 Å². The van der Waals surface area contributed by atoms with Crippen molar-refractivity contribution in [2.75, 3.05) is 36.9 Å². The normalized spacial score (nSPS) is 11.2. The second-order valence-electron chi connectivity index (χ2n) is 5.16. The van der Waals surface area contributed by atoms with Gasteiger partial charge in [-0.3, -0.25) is 0 Å². The molecule has 0 unspecified atom stereocenters. The molecule has 0 aliphatic heterocycles. The Kier molecular flexibility index (Phi) is 7.25. The van der Waals surface area contributed by atoms with Gasteiger partial charge in [-0.05, 0) is 19.5 Å². The minimum atomic E-state index is 0.274. The van der Waals surface area contributed by atoms with Crippen LogP contribution in [0.25, 0.3) is 0 Å². The van der Waals surface area contributed by atoms with Crippen LogP contribution in [0.1, 0.15) is 45.9 Å². The van der Waals surface area contributed by atoms with Crippen LogP contribution in [-0.2, 0) is 0 Å². The van der Waals surface area contributed by atoms with E-state index in [-0.39, 0.29) is 5.92 Å². The largest absolute Gasteiger partial charge is 0.369 e. The lowest BCUT2D eigenvalue weighted by atomic mass is 10.2. The van der Waals surface area contributed by atoms with E-state index in [9.17, 15) is 0 Å². The van der Waals surface area contributed by atoms with E-state index in [2.05, 4.69) is 53.3 Å². The average Bonchev–Trinajstić information content (AvgIpc) is 2.45. The Morgan fingerprint density at radius 3 is 2.45 bits per heavy atom. The first-order valence-electron chi connectivity index (χ1n) is 7.42. The highest BCUT2D eigenvalue weighted by Crippen LogP contribution is 2.16. The van der Waals surface area contributed by atoms with Gasteiger partial charge in [-0.15, -0.1) is 0 Å². The number of anilines is 2. The molecule has 0 saturated heterocycles. The van der Waals surface area contributed by atoms with Gasteiger partial charge >= 0.3 is 0 Å². The highest BCUT2D eigenvalue weighted by atomic mass is 15.3. The van der Waals surface area contributed by atoms with Gasteiger partial charge in [-0.2, -0.15) is 0 Å². The quantitative estimate of drug-likeness (QED) is 0.474. The third-order valence-corrected chi connectivity index (χ3v) is 3.13. The molecule has 1 aromatic rings. The van der Waals surface area contributed by atoms with Crippen molar-refractivity contribution < 1.29 is 0 Å². The number of hydrogen-bond acceptors (Lipinski definition) is 6. The molecular weight excluding hydrogens is 252 g/mol. The zero-order chi connectivity index (χ0) is 15.0. The number of nitrogens with one attached hydrogen (secondary N) is 2. The fourth-order valence-electron chi connectivity index (χ4n) is 1.97. The van der Waals surface area contributed by atoms with Gasteiger partial charge in [0.25, 0.3) is 0 Å². The van der Waals surface area contributed by atoms with Crippen LogP contribution in [0.4, 0.5) is 11.6 Å². The number of nitrogens with zero attached hydrogens (tertiary/aromatic N) is 3. The molecule has 1 rings (SSSR count). The summed E-state index contributed by atoms with van der Waals surface area (Å²) < 4.78 is 0. The highest BCUT2D eigenvalue weighted by molar-refractivity contribution is 5.47. The van der Waals surface area contributed by atoms with E-state index in [0.29, 0.717) is 5.82 Å². The van der Waals surface area contributed by atoms with Gasteiger partial charge in [0.15, 0.2) is 0 Å². The molecular formula is C14H28N6. The Bertz CT molecular complexity index is 393. The second-order valence-corrected chi connectivity index (χ2v) is 5.16. The fourth-order valence-corrected chi connectivity index (χ4v) is 1.97. The summed E-state index contributed by atoms with van der Waals surface area (Å²) in [5, 5.41) is 3.35. The number of aromatic nitrogens is 2. The van der Waals surface area contributed by atoms with E-state index in [1.807, 2.05) is 6.07 Å². The summed E-state index contributed by atoms with van der Waals surface area (Å²) >= 11 is 0. The first kappa shape index (κ1) is 16.7. The lowest BCUT2D eigenvalue weighted by Crippen LogP contribution is -2.29. The number of nitrogen functional groups attached to an aromatic ring is 1. The Hall–Kier alpha value is -1.40. The van der Waals surface area contributed by atoms with Crippen molar-refractivity contribution in [1.29, 1.82) is 0 Å². The molecule has 1 heterocycles. The van der Waals surface area contributed by atoms with Crippen molar-refractivity contribution in [3.8, 4) is 0 Å². The predicted molar refractivity (Wildman–Crippen MR) is 84.8 cm³/mol. The van der Waals surface area contributed by atoms with Crippen molar-refractivity contribution in [3.05, 3.63) is 11.9 Å². The Morgan fingerprint density at radius 2 is 1.90 bits per heavy atom. The molecule has 0 bridgehead atoms. The molecule has 0 atom stereocenters. The molecule has 0 fully saturated rings. The third-order valence-electron chi connectivity index (χ3n) is 3.13. The molecule has 0 spiro atoms. The first-order valence-corrected chi connectivity index (χ1v) is 7.42. The minimum absolute atomic E-state index is 0.274. The monoisotopic (exact) mass is 280 g/mol. The number of hydrogen-bond donors (Lipinski definition) is 3. The van der Waals surface area contributed by atoms with Crippen molar-refractivity contribution in [3.63, 3.8) is 0 Å². The second kappa shape index (κ2) is 8.71. The van der Waals surface area contributed by atoms with Gasteiger partial charge in [-0.25, -0.2) is 15.8 Å². The molecule has 0 radical (unpaired) electrons. The third kappa shape index (κ3) is 5.30. The molecule has 0 aromatic carbocycles. The lowest BCUT2D eigenvalue weighted by molar-refractivity contribution is 0.300. The zero-order valence-corrected chi connectivity index (χ0v) is 13.1. The summed E-state index contributed by atoms with van der Waals surface area (Å²) in [5.41, 5.74) is 2.59. The van der Waals surface area contributed by atoms with Gasteiger partial charge in [0, 0.05) is 25.1 Å². The molecule has 0 saturated carbocycles. The maximum atomic E-state index is 5.45. The molecule has 114 valence electrons. The molecule has 4 N–H and O–H groups in total. The minimum Gasteiger partial charge on any atom is -0.369 e. The topological polar surface area (TPSA) is 79.1 Å². The molecule has 6 heteroatoms. The van der Waals surface area contributed by atoms with Crippen LogP contribution in [0, 0.1) is 0 Å². The van der Waals surface area contributed by atoms with E-state index >= 15 is 0 Å². The van der Waals surface area contributed by atoms with Crippen LogP contribution in [-0.4, -0.2) is 41.0 Å². The Labute approximate surface area is 122 Å². The molecule has 0 amide bonds. The fraction of sp³-hybridized carbons (Fsp3) is 0.714. The van der Waals surface area contributed by atoms with E-state index in [0.717, 1.165) is 37.8 Å². The van der Waals surface area contributed by atoms with Crippen LogP contribution in [0.5, 0.6) is 0 Å². The predicted octanol–water partition coefficient (Wildman–Crippen LogP) is 2.03. The average molecular weight is 280 g/mol. The van der Waals surface area contributed by atoms with Crippen LogP contribution < -0.4 is 16.6 Å². The summed E-state index contributed by atoms with van der Waals surface area (Å²) in [6, 6.07) is 1.84. The van der Waals surface area contributed by atoms with Crippen molar-refractivity contribution in [1.82, 2.24) is 14.9 Å². The molecule has 20 heavy (non-hydrogen) atoms. The van der Waals surface area contributed by atoms with Crippen LogP contribution in [0.3, 0.4) is 0 Å². The zero-order valence-electron chi connectivity index (χ0n) is 13.1. The Balaban J connectivity index is 2.60. The first-order chi connectivity index (χ1) is 9.60. The summed E-state index contributed by atoms with van der Waals surface area (Å²) in [5.74, 6) is 7.99. The van der Waals surface area contributed by atoms with Gasteiger partial charge in [0.1, 0.15) is 17.5 Å². The summed E-state index contributed by atoms with van der Waals surface area (Å²) in [6.07, 6.45) is 1.18. The van der Waals surface area contributed by atoms with Crippen molar-refractivity contribution in [2.45, 2.75) is 40.0 Å². The highest BCUT2D eigenvalue weighted by Gasteiger charge is 2.08. The van der Waals surface area contributed by atoms with Gasteiger partial charge < -0.3 is 15.6 Å². The lowest BCUT2D eigenvalue weighted by Gasteiger charge is -2.20. The number of nitrogens with two attached hydrogens (primary N) is 1. The van der Waals surface area contributed by atoms with Gasteiger partial charge in [0.05, 0.1) is 0 Å². The van der Waals surface area contributed by atoms with E-state index in [1.54, 1.807) is 0 Å². The molecule has 6 nitrogen and oxygen atoms in total. The van der Waals surface area contributed by atoms with E-state index in [1.165, 1.54) is 6.42 Å². The molecule has 1 aromatic heterocycles. The number of hydrazine groups is 1. The summed E-state index contributed by atoms with van der Waals surface area (Å²) in [7, 11) is 0. The number of likely N-dealkylation sites (N-methyl/N-ethyl adjacent to an activating group) is 1. The van der Waals surface area contributed by atoms with Gasteiger partial charge in [-0.1, -0.05) is 27.7 Å². The summed E-state index contributed by atoms with van der Waals surface area (Å²) in [4.78, 5) is 11.3.